The molecule has 1 aliphatic rings. The molecule has 212 valence electrons. The van der Waals surface area contributed by atoms with Gasteiger partial charge in [0.25, 0.3) is 5.91 Å². The van der Waals surface area contributed by atoms with Crippen molar-refractivity contribution < 1.29 is 29.7 Å². The summed E-state index contributed by atoms with van der Waals surface area (Å²) in [5, 5.41) is 39.6. The number of carbonyl (C=O) groups excluding carboxylic acids is 1. The Morgan fingerprint density at radius 1 is 0.829 bits per heavy atom. The topological polar surface area (TPSA) is 145 Å². The molecule has 0 atom stereocenters. The number of anilines is 1. The van der Waals surface area contributed by atoms with Crippen LogP contribution in [0.25, 0.3) is 5.69 Å². The van der Waals surface area contributed by atoms with Gasteiger partial charge in [0.15, 0.2) is 0 Å². The summed E-state index contributed by atoms with van der Waals surface area (Å²) < 4.78 is 1.38. The fourth-order valence-electron chi connectivity index (χ4n) is 4.73. The second kappa shape index (κ2) is 10.5. The van der Waals surface area contributed by atoms with E-state index in [-0.39, 0.29) is 22.9 Å². The molecule has 10 nitrogen and oxygen atoms in total. The lowest BCUT2D eigenvalue weighted by molar-refractivity contribution is -0.114. The molecule has 2 aromatic carbocycles. The Morgan fingerprint density at radius 2 is 1.34 bits per heavy atom. The summed E-state index contributed by atoms with van der Waals surface area (Å²) in [6.07, 6.45) is 5.76. The number of hydrazone groups is 1. The minimum atomic E-state index is -1.05. The van der Waals surface area contributed by atoms with Crippen molar-refractivity contribution in [1.82, 2.24) is 9.78 Å². The van der Waals surface area contributed by atoms with Gasteiger partial charge in [0.1, 0.15) is 0 Å². The Hall–Kier alpha value is -4.99. The summed E-state index contributed by atoms with van der Waals surface area (Å²) in [5.41, 5.74) is 2.25. The first-order valence-electron chi connectivity index (χ1n) is 12.9. The maximum atomic E-state index is 13.2. The Morgan fingerprint density at radius 3 is 1.85 bits per heavy atom. The van der Waals surface area contributed by atoms with E-state index in [4.69, 9.17) is 10.2 Å². The molecule has 3 N–H and O–H groups in total. The number of rotatable bonds is 8. The van der Waals surface area contributed by atoms with Gasteiger partial charge in [-0.05, 0) is 62.4 Å². The summed E-state index contributed by atoms with van der Waals surface area (Å²) >= 11 is 0. The molecule has 2 heterocycles. The average molecular weight is 557 g/mol. The summed E-state index contributed by atoms with van der Waals surface area (Å²) in [5.74, 6) is -2.44. The van der Waals surface area contributed by atoms with Gasteiger partial charge in [0.05, 0.1) is 39.5 Å². The highest BCUT2D eigenvalue weighted by molar-refractivity contribution is 6.29. The third-order valence-corrected chi connectivity index (χ3v) is 6.91. The Bertz CT molecular complexity index is 1620. The molecule has 1 amide bonds. The van der Waals surface area contributed by atoms with Crippen LogP contribution in [0.5, 0.6) is 5.88 Å². The maximum Gasteiger partial charge on any atom is 0.335 e. The number of nitrogens with zero attached hydrogens (tertiary/aromatic N) is 4. The van der Waals surface area contributed by atoms with E-state index in [1.807, 2.05) is 45.9 Å². The monoisotopic (exact) mass is 556 g/mol. The summed E-state index contributed by atoms with van der Waals surface area (Å²) in [4.78, 5) is 35.6. The van der Waals surface area contributed by atoms with Crippen LogP contribution < -0.4 is 5.01 Å². The molecule has 1 aliphatic heterocycles. The highest BCUT2D eigenvalue weighted by Gasteiger charge is 2.32. The number of aromatic hydroxyl groups is 1. The molecule has 0 aliphatic carbocycles. The normalized spacial score (nSPS) is 15.2. The Kier molecular flexibility index (Phi) is 7.45. The van der Waals surface area contributed by atoms with E-state index < -0.39 is 22.8 Å². The number of hydrogen-bond acceptors (Lipinski definition) is 6. The summed E-state index contributed by atoms with van der Waals surface area (Å²) in [6, 6.07) is 12.0. The fourth-order valence-corrected chi connectivity index (χ4v) is 4.73. The van der Waals surface area contributed by atoms with E-state index in [2.05, 4.69) is 10.2 Å². The molecule has 0 radical (unpaired) electrons. The van der Waals surface area contributed by atoms with Crippen molar-refractivity contribution in [2.45, 2.75) is 47.0 Å². The van der Waals surface area contributed by atoms with Gasteiger partial charge in [-0.25, -0.2) is 14.3 Å². The zero-order valence-electron chi connectivity index (χ0n) is 23.7. The molecule has 0 spiro atoms. The smallest absolute Gasteiger partial charge is 0.335 e. The van der Waals surface area contributed by atoms with E-state index in [1.54, 1.807) is 38.1 Å². The van der Waals surface area contributed by atoms with Gasteiger partial charge in [-0.1, -0.05) is 45.9 Å². The van der Waals surface area contributed by atoms with Crippen LogP contribution >= 0.6 is 0 Å². The zero-order chi connectivity index (χ0) is 30.3. The third-order valence-electron chi connectivity index (χ3n) is 6.91. The van der Waals surface area contributed by atoms with Crippen molar-refractivity contribution in [3.63, 3.8) is 0 Å². The van der Waals surface area contributed by atoms with Gasteiger partial charge >= 0.3 is 11.9 Å². The van der Waals surface area contributed by atoms with Crippen LogP contribution in [0.15, 0.2) is 77.4 Å². The molecular formula is C31H32N4O6. The number of allylic oxidation sites excluding steroid dienone is 3. The Labute approximate surface area is 237 Å². The number of amides is 1. The number of aryl methyl sites for hydroxylation is 1. The third kappa shape index (κ3) is 5.81. The predicted octanol–water partition coefficient (Wildman–Crippen LogP) is 5.49. The number of hydrogen-bond donors (Lipinski definition) is 3. The lowest BCUT2D eigenvalue weighted by Gasteiger charge is -2.24. The zero-order valence-corrected chi connectivity index (χ0v) is 23.7. The molecule has 4 rings (SSSR count). The lowest BCUT2D eigenvalue weighted by Crippen LogP contribution is -2.23. The molecular weight excluding hydrogens is 524 g/mol. The van der Waals surface area contributed by atoms with Crippen LogP contribution in [0.4, 0.5) is 5.69 Å². The van der Waals surface area contributed by atoms with Crippen LogP contribution in [0.2, 0.25) is 0 Å². The second-order valence-corrected chi connectivity index (χ2v) is 11.1. The predicted molar refractivity (Wildman–Crippen MR) is 155 cm³/mol. The minimum Gasteiger partial charge on any atom is -0.493 e. The van der Waals surface area contributed by atoms with Crippen LogP contribution in [0, 0.1) is 12.3 Å². The molecule has 0 unspecified atom stereocenters. The van der Waals surface area contributed by atoms with Crippen LogP contribution in [0.3, 0.4) is 0 Å². The number of carbonyl (C=O) groups is 3. The number of aromatic nitrogens is 2. The van der Waals surface area contributed by atoms with Crippen molar-refractivity contribution >= 4 is 29.2 Å². The molecule has 1 aromatic heterocycles. The molecule has 10 heteroatoms. The SMILES string of the molecule is CC1=NN(c2ccc(C(=O)O)cc2)C(=O)C1=CC(C)(C)C=CC(C)(C)c1c(C)nn(-c2ccc(C(=O)O)cc2)c1O. The quantitative estimate of drug-likeness (QED) is 0.246. The molecule has 0 bridgehead atoms. The van der Waals surface area contributed by atoms with E-state index in [1.165, 1.54) is 34.0 Å². The van der Waals surface area contributed by atoms with Gasteiger partial charge < -0.3 is 15.3 Å². The molecule has 0 saturated carbocycles. The van der Waals surface area contributed by atoms with E-state index >= 15 is 0 Å². The standard InChI is InChI=1S/C31H32N4O6/c1-18-24(26(36)34(32-18)22-11-7-20(8-12-22)28(38)39)17-30(3,4)15-16-31(5,6)25-19(2)33-35(27(25)37)23-13-9-21(10-14-23)29(40)41/h7-17,37H,1-6H3,(H,38,39)(H,40,41). The molecule has 41 heavy (non-hydrogen) atoms. The number of aromatic carboxylic acids is 2. The highest BCUT2D eigenvalue weighted by atomic mass is 16.4. The van der Waals surface area contributed by atoms with E-state index in [9.17, 15) is 19.5 Å². The summed E-state index contributed by atoms with van der Waals surface area (Å²) in [6.45, 7) is 11.4. The van der Waals surface area contributed by atoms with Gasteiger partial charge in [-0.3, -0.25) is 4.79 Å². The van der Waals surface area contributed by atoms with Crippen molar-refractivity contribution in [3.05, 3.63) is 94.7 Å². The number of carboxylic acids is 2. The van der Waals surface area contributed by atoms with Crippen molar-refractivity contribution in [1.29, 1.82) is 0 Å². The highest BCUT2D eigenvalue weighted by Crippen LogP contribution is 2.38. The van der Waals surface area contributed by atoms with E-state index in [0.29, 0.717) is 33.9 Å². The summed E-state index contributed by atoms with van der Waals surface area (Å²) in [7, 11) is 0. The molecule has 0 fully saturated rings. The Balaban J connectivity index is 1.58. The van der Waals surface area contributed by atoms with Gasteiger partial charge in [-0.2, -0.15) is 15.2 Å². The minimum absolute atomic E-state index is 0.0464. The first-order valence-corrected chi connectivity index (χ1v) is 12.9. The average Bonchev–Trinajstić information content (AvgIpc) is 3.37. The number of benzene rings is 2. The van der Waals surface area contributed by atoms with Gasteiger partial charge in [0, 0.05) is 16.4 Å². The van der Waals surface area contributed by atoms with Gasteiger partial charge in [0.2, 0.25) is 5.88 Å². The largest absolute Gasteiger partial charge is 0.493 e. The van der Waals surface area contributed by atoms with Crippen molar-refractivity contribution in [3.8, 4) is 11.6 Å². The maximum absolute atomic E-state index is 13.2. The second-order valence-electron chi connectivity index (χ2n) is 11.1. The van der Waals surface area contributed by atoms with Crippen molar-refractivity contribution in [2.75, 3.05) is 5.01 Å². The molecule has 0 saturated heterocycles. The van der Waals surface area contributed by atoms with Crippen LogP contribution in [0.1, 0.15) is 66.6 Å². The first kappa shape index (κ1) is 29.0. The first-order chi connectivity index (χ1) is 19.1. The lowest BCUT2D eigenvalue weighted by atomic mass is 9.80. The number of carboxylic acid groups (broad SMARTS) is 2. The van der Waals surface area contributed by atoms with Crippen molar-refractivity contribution in [2.24, 2.45) is 10.5 Å². The van der Waals surface area contributed by atoms with Gasteiger partial charge in [-0.15, -0.1) is 0 Å². The van der Waals surface area contributed by atoms with Crippen LogP contribution in [-0.2, 0) is 10.2 Å². The van der Waals surface area contributed by atoms with E-state index in [0.717, 1.165) is 0 Å². The fraction of sp³-hybridized carbons (Fsp3) is 0.258. The van der Waals surface area contributed by atoms with Crippen LogP contribution in [-0.4, -0.2) is 48.7 Å². The molecule has 3 aromatic rings.